The molecule has 0 atom stereocenters. The number of hydrogen-bond donors (Lipinski definition) is 2. The van der Waals surface area contributed by atoms with E-state index in [9.17, 15) is 14.7 Å². The van der Waals surface area contributed by atoms with Crippen molar-refractivity contribution in [3.63, 3.8) is 0 Å². The van der Waals surface area contributed by atoms with E-state index < -0.39 is 20.9 Å². The average molecular weight is 688 g/mol. The minimum absolute atomic E-state index is 0.381. The van der Waals surface area contributed by atoms with E-state index in [2.05, 4.69) is 18.3 Å². The molecule has 0 saturated heterocycles. The van der Waals surface area contributed by atoms with Gasteiger partial charge in [0.15, 0.2) is 0 Å². The van der Waals surface area contributed by atoms with Crippen LogP contribution < -0.4 is 10.1 Å². The molecule has 0 fully saturated rings. The number of carboxylic acids is 1. The Morgan fingerprint density at radius 3 is 2.00 bits per heavy atom. The topological polar surface area (TPSA) is 113 Å². The van der Waals surface area contributed by atoms with Crippen LogP contribution in [0.2, 0.25) is 6.04 Å². The predicted octanol–water partition coefficient (Wildman–Crippen LogP) is 9.55. The van der Waals surface area contributed by atoms with Gasteiger partial charge in [0.2, 0.25) is 0 Å². The van der Waals surface area contributed by atoms with Crippen LogP contribution in [0.1, 0.15) is 117 Å². The highest BCUT2D eigenvalue weighted by Crippen LogP contribution is 2.24. The van der Waals surface area contributed by atoms with Gasteiger partial charge in [-0.15, -0.1) is 0 Å². The summed E-state index contributed by atoms with van der Waals surface area (Å²) >= 11 is 0. The SMILES string of the molecule is CCCCCCCOc1ccc2cc(/C=C(\CCCCCCCCOC(=O)NCCC[Si](OCC)(OCC)OCC)C(=O)O)ccc2c1. The molecule has 1 amide bonds. The molecule has 48 heavy (non-hydrogen) atoms. The third kappa shape index (κ3) is 17.0. The van der Waals surface area contributed by atoms with Crippen LogP contribution in [0.5, 0.6) is 5.75 Å². The Morgan fingerprint density at radius 1 is 0.729 bits per heavy atom. The van der Waals surface area contributed by atoms with Gasteiger partial charge in [0, 0.05) is 38.0 Å². The maximum Gasteiger partial charge on any atom is 0.500 e. The zero-order valence-electron chi connectivity index (χ0n) is 30.0. The number of fused-ring (bicyclic) bond motifs is 1. The first-order valence-corrected chi connectivity index (χ1v) is 20.2. The van der Waals surface area contributed by atoms with Crippen molar-refractivity contribution in [1.29, 1.82) is 0 Å². The lowest BCUT2D eigenvalue weighted by atomic mass is 10.0. The van der Waals surface area contributed by atoms with E-state index >= 15 is 0 Å². The summed E-state index contributed by atoms with van der Waals surface area (Å²) in [6.45, 7) is 11.2. The third-order valence-corrected chi connectivity index (χ3v) is 11.2. The van der Waals surface area contributed by atoms with E-state index in [0.29, 0.717) is 57.4 Å². The fourth-order valence-electron chi connectivity index (χ4n) is 5.60. The number of unbranched alkanes of at least 4 members (excludes halogenated alkanes) is 9. The zero-order valence-corrected chi connectivity index (χ0v) is 31.0. The van der Waals surface area contributed by atoms with E-state index in [4.69, 9.17) is 22.8 Å². The molecule has 0 spiro atoms. The summed E-state index contributed by atoms with van der Waals surface area (Å²) in [4.78, 5) is 24.0. The Bertz CT molecular complexity index is 1200. The van der Waals surface area contributed by atoms with Gasteiger partial charge in [0.05, 0.1) is 13.2 Å². The standard InChI is InChI=1S/C38H61NO8Si/c1-5-9-10-14-17-26-43-36-24-23-33-29-32(21-22-34(33)31-36)30-35(37(40)41)20-16-13-11-12-15-18-27-44-38(42)39-25-19-28-48(45-6-2,46-7-3)47-8-4/h21-24,29-31H,5-20,25-28H2,1-4H3,(H,39,42)(H,40,41)/b35-30+. The maximum absolute atomic E-state index is 12.0. The molecule has 0 heterocycles. The quantitative estimate of drug-likeness (QED) is 0.0517. The van der Waals surface area contributed by atoms with Gasteiger partial charge >= 0.3 is 20.9 Å². The average Bonchev–Trinajstić information content (AvgIpc) is 3.07. The molecular weight excluding hydrogens is 627 g/mol. The largest absolute Gasteiger partial charge is 0.500 e. The monoisotopic (exact) mass is 687 g/mol. The van der Waals surface area contributed by atoms with Gasteiger partial charge in [-0.3, -0.25) is 0 Å². The van der Waals surface area contributed by atoms with E-state index in [1.54, 1.807) is 6.08 Å². The van der Waals surface area contributed by atoms with Crippen molar-refractivity contribution in [3.8, 4) is 5.75 Å². The highest BCUT2D eigenvalue weighted by molar-refractivity contribution is 6.60. The molecule has 270 valence electrons. The molecule has 0 aliphatic carbocycles. The number of rotatable bonds is 28. The van der Waals surface area contributed by atoms with Crippen molar-refractivity contribution >= 4 is 37.7 Å². The second-order valence-electron chi connectivity index (χ2n) is 12.0. The van der Waals surface area contributed by atoms with Crippen molar-refractivity contribution in [2.75, 3.05) is 39.6 Å². The lowest BCUT2D eigenvalue weighted by molar-refractivity contribution is -0.132. The Hall–Kier alpha value is -2.92. The molecule has 2 aromatic carbocycles. The lowest BCUT2D eigenvalue weighted by Crippen LogP contribution is -2.46. The van der Waals surface area contributed by atoms with E-state index in [1.165, 1.54) is 25.7 Å². The molecule has 9 nitrogen and oxygen atoms in total. The second-order valence-corrected chi connectivity index (χ2v) is 14.8. The Balaban J connectivity index is 1.62. The van der Waals surface area contributed by atoms with Gasteiger partial charge < -0.3 is 33.2 Å². The molecule has 2 N–H and O–H groups in total. The molecule has 0 bridgehead atoms. The van der Waals surface area contributed by atoms with E-state index in [1.807, 2.05) is 51.1 Å². The first-order valence-electron chi connectivity index (χ1n) is 18.3. The summed E-state index contributed by atoms with van der Waals surface area (Å²) in [6, 6.07) is 12.8. The third-order valence-electron chi connectivity index (χ3n) is 8.06. The van der Waals surface area contributed by atoms with Crippen LogP contribution in [0.15, 0.2) is 42.0 Å². The number of aliphatic carboxylic acids is 1. The van der Waals surface area contributed by atoms with E-state index in [-0.39, 0.29) is 0 Å². The number of benzene rings is 2. The molecular formula is C38H61NO8Si. The first kappa shape index (κ1) is 41.2. The number of ether oxygens (including phenoxy) is 2. The molecule has 10 heteroatoms. The number of alkyl carbamates (subject to hydrolysis) is 1. The Kier molecular flexibility index (Phi) is 21.6. The smallest absolute Gasteiger partial charge is 0.494 e. The Morgan fingerprint density at radius 2 is 1.33 bits per heavy atom. The highest BCUT2D eigenvalue weighted by atomic mass is 28.4. The zero-order chi connectivity index (χ0) is 34.9. The number of amides is 1. The summed E-state index contributed by atoms with van der Waals surface area (Å²) in [6.07, 6.45) is 14.2. The van der Waals surface area contributed by atoms with Crippen LogP contribution in [0.4, 0.5) is 4.79 Å². The Labute approximate surface area is 290 Å². The van der Waals surface area contributed by atoms with Crippen LogP contribution in [0.3, 0.4) is 0 Å². The summed E-state index contributed by atoms with van der Waals surface area (Å²) < 4.78 is 28.8. The number of hydrogen-bond acceptors (Lipinski definition) is 7. The minimum Gasteiger partial charge on any atom is -0.494 e. The van der Waals surface area contributed by atoms with Crippen LogP contribution in [0.25, 0.3) is 16.8 Å². The second kappa shape index (κ2) is 25.1. The lowest BCUT2D eigenvalue weighted by Gasteiger charge is -2.28. The van der Waals surface area contributed by atoms with Crippen LogP contribution in [0, 0.1) is 0 Å². The van der Waals surface area contributed by atoms with Crippen molar-refractivity contribution in [3.05, 3.63) is 47.5 Å². The molecule has 2 rings (SSSR count). The minimum atomic E-state index is -2.69. The first-order chi connectivity index (χ1) is 23.4. The summed E-state index contributed by atoms with van der Waals surface area (Å²) in [5, 5.41) is 14.7. The number of nitrogens with one attached hydrogen (secondary N) is 1. The number of carbonyl (C=O) groups excluding carboxylic acids is 1. The van der Waals surface area contributed by atoms with Gasteiger partial charge in [0.1, 0.15) is 5.75 Å². The molecule has 0 saturated carbocycles. The van der Waals surface area contributed by atoms with Crippen LogP contribution >= 0.6 is 0 Å². The molecule has 2 aromatic rings. The summed E-state index contributed by atoms with van der Waals surface area (Å²) in [5.41, 5.74) is 1.32. The summed E-state index contributed by atoms with van der Waals surface area (Å²) in [5.74, 6) is 0.00652. The maximum atomic E-state index is 12.0. The molecule has 0 unspecified atom stereocenters. The van der Waals surface area contributed by atoms with Crippen molar-refractivity contribution in [1.82, 2.24) is 5.32 Å². The van der Waals surface area contributed by atoms with Crippen molar-refractivity contribution in [2.24, 2.45) is 0 Å². The number of carboxylic acid groups (broad SMARTS) is 1. The highest BCUT2D eigenvalue weighted by Gasteiger charge is 2.39. The fraction of sp³-hybridized carbons (Fsp3) is 0.632. The predicted molar refractivity (Wildman–Crippen MR) is 196 cm³/mol. The summed E-state index contributed by atoms with van der Waals surface area (Å²) in [7, 11) is -2.69. The van der Waals surface area contributed by atoms with Crippen LogP contribution in [-0.2, 0) is 22.8 Å². The van der Waals surface area contributed by atoms with Gasteiger partial charge in [-0.2, -0.15) is 0 Å². The molecule has 0 radical (unpaired) electrons. The van der Waals surface area contributed by atoms with Crippen LogP contribution in [-0.4, -0.2) is 65.6 Å². The molecule has 0 aliphatic heterocycles. The normalized spacial score (nSPS) is 12.0. The molecule has 0 aromatic heterocycles. The molecule has 0 aliphatic rings. The fourth-order valence-corrected chi connectivity index (χ4v) is 8.21. The van der Waals surface area contributed by atoms with Gasteiger partial charge in [-0.1, -0.05) is 76.5 Å². The van der Waals surface area contributed by atoms with E-state index in [0.717, 1.165) is 73.6 Å². The van der Waals surface area contributed by atoms with Gasteiger partial charge in [-0.05, 0) is 93.5 Å². The van der Waals surface area contributed by atoms with Gasteiger partial charge in [-0.25, -0.2) is 9.59 Å². The van der Waals surface area contributed by atoms with Crippen molar-refractivity contribution < 1.29 is 37.4 Å². The van der Waals surface area contributed by atoms with Gasteiger partial charge in [0.25, 0.3) is 0 Å². The van der Waals surface area contributed by atoms with Crippen molar-refractivity contribution in [2.45, 2.75) is 117 Å². The number of carbonyl (C=O) groups is 2.